The molecule has 0 heterocycles. The van der Waals surface area contributed by atoms with Crippen LogP contribution in [0, 0.1) is 6.92 Å². The number of nitrogens with zero attached hydrogens (tertiary/aromatic N) is 1. The van der Waals surface area contributed by atoms with E-state index in [1.54, 1.807) is 25.1 Å². The molecule has 0 saturated heterocycles. The highest BCUT2D eigenvalue weighted by Crippen LogP contribution is 2.17. The van der Waals surface area contributed by atoms with Gasteiger partial charge in [0.25, 0.3) is 0 Å². The number of benzene rings is 1. The molecular weight excluding hydrogens is 268 g/mol. The minimum atomic E-state index is -3.29. The van der Waals surface area contributed by atoms with E-state index in [0.717, 1.165) is 9.87 Å². The normalized spacial score (nSPS) is 11.6. The highest BCUT2D eigenvalue weighted by atomic mass is 32.2. The van der Waals surface area contributed by atoms with Crippen LogP contribution >= 0.6 is 0 Å². The minimum absolute atomic E-state index is 0.0903. The predicted molar refractivity (Wildman–Crippen MR) is 74.1 cm³/mol. The van der Waals surface area contributed by atoms with E-state index in [4.69, 9.17) is 5.11 Å². The molecule has 0 saturated carbocycles. The third kappa shape index (κ3) is 4.22. The fourth-order valence-electron chi connectivity index (χ4n) is 1.49. The molecule has 1 rings (SSSR count). The zero-order valence-corrected chi connectivity index (χ0v) is 12.0. The predicted octanol–water partition coefficient (Wildman–Crippen LogP) is 0.997. The van der Waals surface area contributed by atoms with Gasteiger partial charge in [-0.2, -0.15) is 0 Å². The van der Waals surface area contributed by atoms with Gasteiger partial charge < -0.3 is 10.4 Å². The minimum Gasteiger partial charge on any atom is -0.478 e. The monoisotopic (exact) mass is 286 g/mol. The molecule has 6 nitrogen and oxygen atoms in total. The van der Waals surface area contributed by atoms with Crippen molar-refractivity contribution in [2.24, 2.45) is 0 Å². The highest BCUT2D eigenvalue weighted by Gasteiger charge is 2.14. The Labute approximate surface area is 113 Å². The fraction of sp³-hybridized carbons (Fsp3) is 0.417. The Morgan fingerprint density at radius 2 is 2.00 bits per heavy atom. The molecule has 0 aliphatic rings. The maximum absolute atomic E-state index is 11.6. The van der Waals surface area contributed by atoms with Gasteiger partial charge >= 0.3 is 5.97 Å². The van der Waals surface area contributed by atoms with E-state index < -0.39 is 16.0 Å². The standard InChI is InChI=1S/C12H18N2O4S/c1-9-4-5-11(10(8-9)12(15)16)13-6-7-19(17,18)14(2)3/h4-5,8,13H,6-7H2,1-3H3,(H,15,16). The van der Waals surface area contributed by atoms with Gasteiger partial charge in [-0.3, -0.25) is 0 Å². The van der Waals surface area contributed by atoms with E-state index in [-0.39, 0.29) is 17.9 Å². The quantitative estimate of drug-likeness (QED) is 0.814. The topological polar surface area (TPSA) is 86.7 Å². The van der Waals surface area contributed by atoms with Crippen molar-refractivity contribution in [1.29, 1.82) is 0 Å². The lowest BCUT2D eigenvalue weighted by Crippen LogP contribution is -2.28. The van der Waals surface area contributed by atoms with E-state index in [1.165, 1.54) is 14.1 Å². The molecule has 1 aromatic carbocycles. The molecule has 0 atom stereocenters. The van der Waals surface area contributed by atoms with Crippen LogP contribution in [0.3, 0.4) is 0 Å². The van der Waals surface area contributed by atoms with Gasteiger partial charge in [0.15, 0.2) is 0 Å². The number of nitrogens with one attached hydrogen (secondary N) is 1. The van der Waals surface area contributed by atoms with Crippen LogP contribution in [0.25, 0.3) is 0 Å². The Kier molecular flexibility index (Phi) is 4.90. The third-order valence-corrected chi connectivity index (χ3v) is 4.47. The average molecular weight is 286 g/mol. The zero-order valence-electron chi connectivity index (χ0n) is 11.2. The first-order valence-corrected chi connectivity index (χ1v) is 7.33. The van der Waals surface area contributed by atoms with Crippen LogP contribution in [0.4, 0.5) is 5.69 Å². The summed E-state index contributed by atoms with van der Waals surface area (Å²) < 4.78 is 24.3. The maximum atomic E-state index is 11.6. The molecule has 0 aliphatic carbocycles. The van der Waals surface area contributed by atoms with E-state index in [0.29, 0.717) is 5.69 Å². The first-order valence-electron chi connectivity index (χ1n) is 5.72. The van der Waals surface area contributed by atoms with Crippen molar-refractivity contribution in [1.82, 2.24) is 4.31 Å². The van der Waals surface area contributed by atoms with Crippen molar-refractivity contribution in [2.75, 3.05) is 31.7 Å². The second-order valence-corrected chi connectivity index (χ2v) is 6.68. The third-order valence-electron chi connectivity index (χ3n) is 2.64. The summed E-state index contributed by atoms with van der Waals surface area (Å²) in [5.41, 5.74) is 1.40. The van der Waals surface area contributed by atoms with E-state index >= 15 is 0 Å². The number of carbonyl (C=O) groups is 1. The molecule has 0 aromatic heterocycles. The number of rotatable bonds is 6. The number of carboxylic acids is 1. The number of hydrogen-bond acceptors (Lipinski definition) is 4. The summed E-state index contributed by atoms with van der Waals surface area (Å²) in [4.78, 5) is 11.1. The van der Waals surface area contributed by atoms with Gasteiger partial charge in [-0.05, 0) is 19.1 Å². The number of aromatic carboxylic acids is 1. The Bertz CT molecular complexity index is 567. The number of aryl methyl sites for hydroxylation is 1. The van der Waals surface area contributed by atoms with Crippen molar-refractivity contribution in [3.8, 4) is 0 Å². The second-order valence-electron chi connectivity index (χ2n) is 4.38. The van der Waals surface area contributed by atoms with Crippen LogP contribution in [0.1, 0.15) is 15.9 Å². The molecule has 7 heteroatoms. The molecule has 0 aliphatic heterocycles. The van der Waals surface area contributed by atoms with Crippen molar-refractivity contribution in [3.63, 3.8) is 0 Å². The molecule has 106 valence electrons. The SMILES string of the molecule is Cc1ccc(NCCS(=O)(=O)N(C)C)c(C(=O)O)c1. The van der Waals surface area contributed by atoms with Crippen LogP contribution in [-0.2, 0) is 10.0 Å². The Balaban J connectivity index is 2.77. The summed E-state index contributed by atoms with van der Waals surface area (Å²) in [5, 5.41) is 11.9. The molecule has 0 bridgehead atoms. The Hall–Kier alpha value is -1.60. The first-order chi connectivity index (χ1) is 8.74. The molecule has 19 heavy (non-hydrogen) atoms. The molecule has 0 amide bonds. The highest BCUT2D eigenvalue weighted by molar-refractivity contribution is 7.89. The number of carboxylic acid groups (broad SMARTS) is 1. The van der Waals surface area contributed by atoms with Crippen molar-refractivity contribution in [3.05, 3.63) is 29.3 Å². The molecule has 0 radical (unpaired) electrons. The summed E-state index contributed by atoms with van der Waals surface area (Å²) >= 11 is 0. The van der Waals surface area contributed by atoms with Crippen LogP contribution in [0.5, 0.6) is 0 Å². The van der Waals surface area contributed by atoms with Gasteiger partial charge in [0.05, 0.1) is 11.3 Å². The lowest BCUT2D eigenvalue weighted by Gasteiger charge is -2.13. The molecule has 0 spiro atoms. The van der Waals surface area contributed by atoms with Gasteiger partial charge in [-0.25, -0.2) is 17.5 Å². The molecule has 0 unspecified atom stereocenters. The smallest absolute Gasteiger partial charge is 0.337 e. The Morgan fingerprint density at radius 3 is 2.53 bits per heavy atom. The molecule has 0 fully saturated rings. The summed E-state index contributed by atoms with van der Waals surface area (Å²) in [7, 11) is -0.362. The molecule has 2 N–H and O–H groups in total. The van der Waals surface area contributed by atoms with Crippen LogP contribution in [0.15, 0.2) is 18.2 Å². The second kappa shape index (κ2) is 6.03. The van der Waals surface area contributed by atoms with Gasteiger partial charge in [0.2, 0.25) is 10.0 Å². The van der Waals surface area contributed by atoms with Gasteiger partial charge in [0, 0.05) is 26.3 Å². The van der Waals surface area contributed by atoms with Gasteiger partial charge in [-0.15, -0.1) is 0 Å². The van der Waals surface area contributed by atoms with Crippen molar-refractivity contribution in [2.45, 2.75) is 6.92 Å². The van der Waals surface area contributed by atoms with E-state index in [9.17, 15) is 13.2 Å². The van der Waals surface area contributed by atoms with Gasteiger partial charge in [0.1, 0.15) is 0 Å². The first kappa shape index (κ1) is 15.5. The Morgan fingerprint density at radius 1 is 1.37 bits per heavy atom. The summed E-state index contributed by atoms with van der Waals surface area (Å²) in [6.45, 7) is 1.95. The zero-order chi connectivity index (χ0) is 14.6. The van der Waals surface area contributed by atoms with Crippen LogP contribution in [-0.4, -0.2) is 50.2 Å². The summed E-state index contributed by atoms with van der Waals surface area (Å²) in [5.74, 6) is -1.13. The van der Waals surface area contributed by atoms with Crippen LogP contribution < -0.4 is 5.32 Å². The number of anilines is 1. The lowest BCUT2D eigenvalue weighted by molar-refractivity contribution is 0.0698. The van der Waals surface area contributed by atoms with Crippen LogP contribution in [0.2, 0.25) is 0 Å². The van der Waals surface area contributed by atoms with Gasteiger partial charge in [-0.1, -0.05) is 11.6 Å². The largest absolute Gasteiger partial charge is 0.478 e. The number of hydrogen-bond donors (Lipinski definition) is 2. The van der Waals surface area contributed by atoms with Crippen molar-refractivity contribution >= 4 is 21.7 Å². The van der Waals surface area contributed by atoms with E-state index in [1.807, 2.05) is 0 Å². The lowest BCUT2D eigenvalue weighted by atomic mass is 10.1. The maximum Gasteiger partial charge on any atom is 0.337 e. The molecular formula is C12H18N2O4S. The van der Waals surface area contributed by atoms with Crippen molar-refractivity contribution < 1.29 is 18.3 Å². The van der Waals surface area contributed by atoms with E-state index in [2.05, 4.69) is 5.32 Å². The average Bonchev–Trinajstić information content (AvgIpc) is 2.30. The summed E-state index contributed by atoms with van der Waals surface area (Å²) in [6, 6.07) is 4.96. The fourth-order valence-corrected chi connectivity index (χ4v) is 2.21. The molecule has 1 aromatic rings. The number of sulfonamides is 1. The summed E-state index contributed by atoms with van der Waals surface area (Å²) in [6.07, 6.45) is 0.